The molecule has 1 aliphatic rings. The Balaban J connectivity index is 2.55. The minimum Gasteiger partial charge on any atom is -0.338 e. The van der Waals surface area contributed by atoms with Crippen LogP contribution in [0.3, 0.4) is 0 Å². The molecule has 2 amide bonds. The molecule has 5 heteroatoms. The molecule has 80 valence electrons. The van der Waals surface area contributed by atoms with Gasteiger partial charge in [0.05, 0.1) is 0 Å². The molecule has 1 rings (SSSR count). The van der Waals surface area contributed by atoms with Crippen molar-refractivity contribution >= 4 is 23.4 Å². The molecule has 1 atom stereocenters. The zero-order valence-electron chi connectivity index (χ0n) is 8.49. The van der Waals surface area contributed by atoms with Crippen molar-refractivity contribution in [3.8, 4) is 0 Å². The number of amides is 2. The van der Waals surface area contributed by atoms with Gasteiger partial charge in [0.2, 0.25) is 11.8 Å². The lowest BCUT2D eigenvalue weighted by Gasteiger charge is -2.39. The Bertz CT molecular complexity index is 245. The van der Waals surface area contributed by atoms with E-state index in [0.717, 1.165) is 0 Å². The van der Waals surface area contributed by atoms with Crippen molar-refractivity contribution in [3.63, 3.8) is 0 Å². The molecule has 0 aliphatic carbocycles. The minimum absolute atomic E-state index is 0.0206. The second kappa shape index (κ2) is 4.64. The van der Waals surface area contributed by atoms with Gasteiger partial charge >= 0.3 is 0 Å². The monoisotopic (exact) mass is 218 g/mol. The van der Waals surface area contributed by atoms with Crippen LogP contribution in [0.4, 0.5) is 0 Å². The van der Waals surface area contributed by atoms with Gasteiger partial charge in [0, 0.05) is 32.6 Å². The van der Waals surface area contributed by atoms with E-state index in [1.165, 1.54) is 0 Å². The van der Waals surface area contributed by atoms with Gasteiger partial charge in [-0.25, -0.2) is 0 Å². The molecule has 1 saturated heterocycles. The molecule has 14 heavy (non-hydrogen) atoms. The molecular weight excluding hydrogens is 204 g/mol. The van der Waals surface area contributed by atoms with Crippen LogP contribution in [0.25, 0.3) is 0 Å². The molecule has 0 aromatic carbocycles. The molecule has 0 aromatic heterocycles. The molecule has 1 aliphatic heterocycles. The summed E-state index contributed by atoms with van der Waals surface area (Å²) in [5.41, 5.74) is 0. The molecule has 0 spiro atoms. The molecule has 4 nitrogen and oxygen atoms in total. The highest BCUT2D eigenvalue weighted by molar-refractivity contribution is 6.27. The molecular formula is C9H15ClN2O2. The largest absolute Gasteiger partial charge is 0.338 e. The maximum absolute atomic E-state index is 11.3. The molecule has 1 heterocycles. The summed E-state index contributed by atoms with van der Waals surface area (Å²) in [5, 5.41) is 0. The topological polar surface area (TPSA) is 40.6 Å². The van der Waals surface area contributed by atoms with Crippen LogP contribution in [0.15, 0.2) is 0 Å². The third-order valence-electron chi connectivity index (χ3n) is 2.50. The maximum Gasteiger partial charge on any atom is 0.237 e. The van der Waals surface area contributed by atoms with E-state index in [1.54, 1.807) is 16.7 Å². The first-order valence-corrected chi connectivity index (χ1v) is 5.20. The summed E-state index contributed by atoms with van der Waals surface area (Å²) in [6.07, 6.45) is 0. The third kappa shape index (κ3) is 2.38. The van der Waals surface area contributed by atoms with E-state index < -0.39 is 0 Å². The maximum atomic E-state index is 11.3. The first-order chi connectivity index (χ1) is 6.56. The summed E-state index contributed by atoms with van der Waals surface area (Å²) in [6.45, 7) is 5.28. The smallest absolute Gasteiger partial charge is 0.237 e. The Labute approximate surface area is 88.8 Å². The average molecular weight is 219 g/mol. The van der Waals surface area contributed by atoms with E-state index in [0.29, 0.717) is 19.6 Å². The summed E-state index contributed by atoms with van der Waals surface area (Å²) in [5.74, 6) is 0.0319. The first kappa shape index (κ1) is 11.3. The number of hydrogen-bond acceptors (Lipinski definition) is 2. The number of hydrogen-bond donors (Lipinski definition) is 0. The summed E-state index contributed by atoms with van der Waals surface area (Å²) in [7, 11) is 0. The van der Waals surface area contributed by atoms with Crippen molar-refractivity contribution < 1.29 is 9.59 Å². The van der Waals surface area contributed by atoms with E-state index >= 15 is 0 Å². The van der Waals surface area contributed by atoms with Gasteiger partial charge in [-0.2, -0.15) is 0 Å². The molecule has 1 fully saturated rings. The number of halogens is 1. The molecule has 0 bridgehead atoms. The molecule has 0 N–H and O–H groups in total. The normalized spacial score (nSPS) is 22.4. The SMILES string of the molecule is CC(=O)N1CCN(C(=O)CCl)C[C@@H]1C. The van der Waals surface area contributed by atoms with E-state index in [-0.39, 0.29) is 23.7 Å². The highest BCUT2D eigenvalue weighted by Crippen LogP contribution is 2.09. The predicted octanol–water partition coefficient (Wildman–Crippen LogP) is 0.304. The zero-order valence-corrected chi connectivity index (χ0v) is 9.25. The lowest BCUT2D eigenvalue weighted by Crippen LogP contribution is -2.55. The fourth-order valence-corrected chi connectivity index (χ4v) is 1.91. The molecule has 0 saturated carbocycles. The van der Waals surface area contributed by atoms with Gasteiger partial charge in [0.25, 0.3) is 0 Å². The Hall–Kier alpha value is -0.770. The van der Waals surface area contributed by atoms with E-state index in [9.17, 15) is 9.59 Å². The zero-order chi connectivity index (χ0) is 10.7. The van der Waals surface area contributed by atoms with Crippen molar-refractivity contribution in [2.45, 2.75) is 19.9 Å². The summed E-state index contributed by atoms with van der Waals surface area (Å²) >= 11 is 5.46. The van der Waals surface area contributed by atoms with Crippen molar-refractivity contribution in [2.24, 2.45) is 0 Å². The molecule has 0 unspecified atom stereocenters. The fraction of sp³-hybridized carbons (Fsp3) is 0.778. The molecule has 0 radical (unpaired) electrons. The third-order valence-corrected chi connectivity index (χ3v) is 2.73. The van der Waals surface area contributed by atoms with Gasteiger partial charge in [0.15, 0.2) is 0 Å². The van der Waals surface area contributed by atoms with Crippen LogP contribution in [0.2, 0.25) is 0 Å². The Kier molecular flexibility index (Phi) is 3.75. The summed E-state index contributed by atoms with van der Waals surface area (Å²) in [6, 6.07) is 0.0911. The van der Waals surface area contributed by atoms with Gasteiger partial charge in [0.1, 0.15) is 5.88 Å². The Morgan fingerprint density at radius 2 is 2.07 bits per heavy atom. The van der Waals surface area contributed by atoms with Gasteiger partial charge < -0.3 is 9.80 Å². The van der Waals surface area contributed by atoms with Crippen LogP contribution in [0, 0.1) is 0 Å². The van der Waals surface area contributed by atoms with Crippen molar-refractivity contribution in [2.75, 3.05) is 25.5 Å². The summed E-state index contributed by atoms with van der Waals surface area (Å²) < 4.78 is 0. The van der Waals surface area contributed by atoms with E-state index in [1.807, 2.05) is 6.92 Å². The quantitative estimate of drug-likeness (QED) is 0.595. The van der Waals surface area contributed by atoms with Crippen LogP contribution in [0.1, 0.15) is 13.8 Å². The predicted molar refractivity (Wildman–Crippen MR) is 54.1 cm³/mol. The lowest BCUT2D eigenvalue weighted by atomic mass is 10.2. The van der Waals surface area contributed by atoms with Crippen LogP contribution in [0.5, 0.6) is 0 Å². The first-order valence-electron chi connectivity index (χ1n) is 4.67. The van der Waals surface area contributed by atoms with Gasteiger partial charge in [-0.15, -0.1) is 11.6 Å². The number of carbonyl (C=O) groups is 2. The number of alkyl halides is 1. The highest BCUT2D eigenvalue weighted by Gasteiger charge is 2.27. The number of nitrogens with zero attached hydrogens (tertiary/aromatic N) is 2. The lowest BCUT2D eigenvalue weighted by molar-refractivity contribution is -0.139. The fourth-order valence-electron chi connectivity index (χ4n) is 1.74. The molecule has 0 aromatic rings. The van der Waals surface area contributed by atoms with Gasteiger partial charge in [-0.1, -0.05) is 0 Å². The second-order valence-corrected chi connectivity index (χ2v) is 3.80. The summed E-state index contributed by atoms with van der Waals surface area (Å²) in [4.78, 5) is 25.9. The van der Waals surface area contributed by atoms with E-state index in [2.05, 4.69) is 0 Å². The average Bonchev–Trinajstić information content (AvgIpc) is 2.15. The van der Waals surface area contributed by atoms with Gasteiger partial charge in [-0.3, -0.25) is 9.59 Å². The van der Waals surface area contributed by atoms with Crippen LogP contribution < -0.4 is 0 Å². The van der Waals surface area contributed by atoms with E-state index in [4.69, 9.17) is 11.6 Å². The standard InChI is InChI=1S/C9H15ClN2O2/c1-7-6-11(9(14)5-10)3-4-12(7)8(2)13/h7H,3-6H2,1-2H3/t7-/m0/s1. The number of carbonyl (C=O) groups excluding carboxylic acids is 2. The second-order valence-electron chi connectivity index (χ2n) is 3.53. The van der Waals surface area contributed by atoms with Crippen molar-refractivity contribution in [1.82, 2.24) is 9.80 Å². The van der Waals surface area contributed by atoms with Crippen molar-refractivity contribution in [1.29, 1.82) is 0 Å². The van der Waals surface area contributed by atoms with Crippen LogP contribution >= 0.6 is 11.6 Å². The minimum atomic E-state index is -0.0540. The van der Waals surface area contributed by atoms with Gasteiger partial charge in [-0.05, 0) is 6.92 Å². The van der Waals surface area contributed by atoms with Crippen LogP contribution in [-0.2, 0) is 9.59 Å². The Morgan fingerprint density at radius 1 is 1.43 bits per heavy atom. The Morgan fingerprint density at radius 3 is 2.50 bits per heavy atom. The number of rotatable bonds is 1. The number of piperazine rings is 1. The van der Waals surface area contributed by atoms with Crippen molar-refractivity contribution in [3.05, 3.63) is 0 Å². The highest BCUT2D eigenvalue weighted by atomic mass is 35.5. The van der Waals surface area contributed by atoms with Crippen LogP contribution in [-0.4, -0.2) is 53.2 Å².